The van der Waals surface area contributed by atoms with Gasteiger partial charge in [0.25, 0.3) is 0 Å². The van der Waals surface area contributed by atoms with Crippen LogP contribution in [-0.4, -0.2) is 16.2 Å². The van der Waals surface area contributed by atoms with Crippen LogP contribution in [0.4, 0.5) is 0 Å². The lowest BCUT2D eigenvalue weighted by atomic mass is 10.2. The molecule has 0 saturated carbocycles. The van der Waals surface area contributed by atoms with Crippen LogP contribution in [0.25, 0.3) is 0 Å². The Labute approximate surface area is 60.1 Å². The van der Waals surface area contributed by atoms with Crippen molar-refractivity contribution >= 4 is 0 Å². The molecule has 56 valence electrons. The third-order valence-electron chi connectivity index (χ3n) is 1.55. The topological polar surface area (TPSA) is 51.2 Å². The van der Waals surface area contributed by atoms with E-state index in [4.69, 9.17) is 5.73 Å². The Morgan fingerprint density at radius 2 is 2.50 bits per heavy atom. The maximum atomic E-state index is 9.25. The number of aromatic nitrogens is 1. The van der Waals surface area contributed by atoms with E-state index in [1.165, 1.54) is 0 Å². The zero-order chi connectivity index (χ0) is 7.56. The first-order valence-corrected chi connectivity index (χ1v) is 3.25. The molecule has 0 unspecified atom stereocenters. The van der Waals surface area contributed by atoms with Crippen molar-refractivity contribution in [1.29, 1.82) is 0 Å². The first-order chi connectivity index (χ1) is 4.75. The average Bonchev–Trinajstić information content (AvgIpc) is 2.34. The molecule has 0 radical (unpaired) electrons. The predicted octanol–water partition coefficient (Wildman–Crippen LogP) is 0.0172. The minimum absolute atomic E-state index is 0.276. The van der Waals surface area contributed by atoms with E-state index in [2.05, 4.69) is 0 Å². The third kappa shape index (κ3) is 1.20. The zero-order valence-corrected chi connectivity index (χ0v) is 5.99. The van der Waals surface area contributed by atoms with Crippen LogP contribution in [0.5, 0.6) is 0 Å². The molecule has 3 heteroatoms. The largest absolute Gasteiger partial charge is 0.386 e. The molecule has 0 amide bonds. The number of hydrogen-bond acceptors (Lipinski definition) is 2. The van der Waals surface area contributed by atoms with Gasteiger partial charge in [0, 0.05) is 25.5 Å². The van der Waals surface area contributed by atoms with Crippen LogP contribution in [-0.2, 0) is 7.05 Å². The van der Waals surface area contributed by atoms with Gasteiger partial charge in [-0.1, -0.05) is 0 Å². The minimum atomic E-state index is -0.528. The van der Waals surface area contributed by atoms with Gasteiger partial charge in [0.15, 0.2) is 0 Å². The van der Waals surface area contributed by atoms with Crippen molar-refractivity contribution in [3.05, 3.63) is 24.0 Å². The molecule has 3 nitrogen and oxygen atoms in total. The fraction of sp³-hybridized carbons (Fsp3) is 0.429. The fourth-order valence-corrected chi connectivity index (χ4v) is 0.941. The predicted molar refractivity (Wildman–Crippen MR) is 39.4 cm³/mol. The van der Waals surface area contributed by atoms with Crippen molar-refractivity contribution < 1.29 is 5.11 Å². The quantitative estimate of drug-likeness (QED) is 0.608. The van der Waals surface area contributed by atoms with Crippen molar-refractivity contribution in [1.82, 2.24) is 4.57 Å². The Morgan fingerprint density at radius 3 is 2.90 bits per heavy atom. The second kappa shape index (κ2) is 2.86. The first-order valence-electron chi connectivity index (χ1n) is 3.25. The Hall–Kier alpha value is -0.800. The minimum Gasteiger partial charge on any atom is -0.386 e. The van der Waals surface area contributed by atoms with Gasteiger partial charge < -0.3 is 15.4 Å². The van der Waals surface area contributed by atoms with Gasteiger partial charge in [0.2, 0.25) is 0 Å². The summed E-state index contributed by atoms with van der Waals surface area (Å²) in [7, 11) is 1.88. The molecule has 1 rings (SSSR count). The van der Waals surface area contributed by atoms with Crippen LogP contribution in [0.2, 0.25) is 0 Å². The summed E-state index contributed by atoms with van der Waals surface area (Å²) in [5.74, 6) is 0. The molecule has 0 aliphatic heterocycles. The summed E-state index contributed by atoms with van der Waals surface area (Å²) < 4.78 is 1.86. The third-order valence-corrected chi connectivity index (χ3v) is 1.55. The highest BCUT2D eigenvalue weighted by Crippen LogP contribution is 2.09. The van der Waals surface area contributed by atoms with E-state index < -0.39 is 6.10 Å². The molecule has 0 aliphatic rings. The van der Waals surface area contributed by atoms with Gasteiger partial charge in [0.1, 0.15) is 6.10 Å². The van der Waals surface area contributed by atoms with Gasteiger partial charge in [-0.05, 0) is 12.1 Å². The van der Waals surface area contributed by atoms with Crippen molar-refractivity contribution in [3.8, 4) is 0 Å². The Bertz CT molecular complexity index is 207. The van der Waals surface area contributed by atoms with Gasteiger partial charge in [-0.15, -0.1) is 0 Å². The molecule has 0 fully saturated rings. The van der Waals surface area contributed by atoms with Crippen LogP contribution in [0.3, 0.4) is 0 Å². The number of aryl methyl sites for hydroxylation is 1. The Balaban J connectivity index is 2.82. The molecular formula is C7H12N2O. The molecule has 1 aromatic heterocycles. The van der Waals surface area contributed by atoms with E-state index in [-0.39, 0.29) is 6.54 Å². The molecule has 0 saturated heterocycles. The second-order valence-corrected chi connectivity index (χ2v) is 2.30. The van der Waals surface area contributed by atoms with Crippen LogP contribution >= 0.6 is 0 Å². The summed E-state index contributed by atoms with van der Waals surface area (Å²) in [5.41, 5.74) is 6.13. The van der Waals surface area contributed by atoms with Gasteiger partial charge >= 0.3 is 0 Å². The lowest BCUT2D eigenvalue weighted by Crippen LogP contribution is -2.14. The van der Waals surface area contributed by atoms with Crippen molar-refractivity contribution in [2.75, 3.05) is 6.54 Å². The number of rotatable bonds is 2. The lowest BCUT2D eigenvalue weighted by Gasteiger charge is -2.07. The highest BCUT2D eigenvalue weighted by Gasteiger charge is 2.06. The monoisotopic (exact) mass is 140 g/mol. The van der Waals surface area contributed by atoms with E-state index in [0.717, 1.165) is 5.69 Å². The van der Waals surface area contributed by atoms with E-state index in [1.807, 2.05) is 29.9 Å². The molecule has 1 aromatic rings. The van der Waals surface area contributed by atoms with Crippen LogP contribution in [0.1, 0.15) is 11.8 Å². The normalized spacial score (nSPS) is 13.5. The SMILES string of the molecule is Cn1cccc1[C@@H](O)CN. The maximum absolute atomic E-state index is 9.25. The Morgan fingerprint density at radius 1 is 1.80 bits per heavy atom. The maximum Gasteiger partial charge on any atom is 0.106 e. The smallest absolute Gasteiger partial charge is 0.106 e. The highest BCUT2D eigenvalue weighted by molar-refractivity contribution is 5.09. The molecule has 10 heavy (non-hydrogen) atoms. The van der Waals surface area contributed by atoms with Gasteiger partial charge in [0.05, 0.1) is 0 Å². The van der Waals surface area contributed by atoms with Gasteiger partial charge in [-0.3, -0.25) is 0 Å². The first kappa shape index (κ1) is 7.31. The molecule has 0 aromatic carbocycles. The summed E-state index contributed by atoms with van der Waals surface area (Å²) in [6.07, 6.45) is 1.36. The summed E-state index contributed by atoms with van der Waals surface area (Å²) in [5, 5.41) is 9.25. The van der Waals surface area contributed by atoms with Crippen LogP contribution < -0.4 is 5.73 Å². The summed E-state index contributed by atoms with van der Waals surface area (Å²) in [6.45, 7) is 0.276. The molecule has 1 atom stereocenters. The number of nitrogens with two attached hydrogens (primary N) is 1. The fourth-order valence-electron chi connectivity index (χ4n) is 0.941. The molecule has 0 spiro atoms. The van der Waals surface area contributed by atoms with Crippen LogP contribution in [0, 0.1) is 0 Å². The molecule has 1 heterocycles. The number of nitrogens with zero attached hydrogens (tertiary/aromatic N) is 1. The lowest BCUT2D eigenvalue weighted by molar-refractivity contribution is 0.178. The zero-order valence-electron chi connectivity index (χ0n) is 5.99. The van der Waals surface area contributed by atoms with E-state index in [9.17, 15) is 5.11 Å². The van der Waals surface area contributed by atoms with Crippen molar-refractivity contribution in [2.45, 2.75) is 6.10 Å². The second-order valence-electron chi connectivity index (χ2n) is 2.30. The number of aliphatic hydroxyl groups is 1. The number of aliphatic hydroxyl groups excluding tert-OH is 1. The van der Waals surface area contributed by atoms with Crippen molar-refractivity contribution in [3.63, 3.8) is 0 Å². The van der Waals surface area contributed by atoms with Crippen molar-refractivity contribution in [2.24, 2.45) is 12.8 Å². The molecule has 0 aliphatic carbocycles. The van der Waals surface area contributed by atoms with Crippen LogP contribution in [0.15, 0.2) is 18.3 Å². The van der Waals surface area contributed by atoms with E-state index in [1.54, 1.807) is 0 Å². The van der Waals surface area contributed by atoms with Gasteiger partial charge in [-0.25, -0.2) is 0 Å². The van der Waals surface area contributed by atoms with E-state index >= 15 is 0 Å². The Kier molecular flexibility index (Phi) is 2.09. The summed E-state index contributed by atoms with van der Waals surface area (Å²) >= 11 is 0. The summed E-state index contributed by atoms with van der Waals surface area (Å²) in [6, 6.07) is 3.74. The van der Waals surface area contributed by atoms with E-state index in [0.29, 0.717) is 0 Å². The standard InChI is InChI=1S/C7H12N2O/c1-9-4-2-3-6(9)7(10)5-8/h2-4,7,10H,5,8H2,1H3/t7-/m0/s1. The molecule has 0 bridgehead atoms. The van der Waals surface area contributed by atoms with Gasteiger partial charge in [-0.2, -0.15) is 0 Å². The average molecular weight is 140 g/mol. The molecular weight excluding hydrogens is 128 g/mol. The molecule has 3 N–H and O–H groups in total. The number of hydrogen-bond donors (Lipinski definition) is 2. The summed E-state index contributed by atoms with van der Waals surface area (Å²) in [4.78, 5) is 0. The highest BCUT2D eigenvalue weighted by atomic mass is 16.3.